The number of nitrogens with zero attached hydrogens (tertiary/aromatic N) is 3. The van der Waals surface area contributed by atoms with Crippen molar-refractivity contribution < 1.29 is 33.6 Å². The number of piperazine rings is 1. The Morgan fingerprint density at radius 2 is 2.03 bits per heavy atom. The number of nitrogens with one attached hydrogen (secondary N) is 1. The van der Waals surface area contributed by atoms with E-state index in [-0.39, 0.29) is 25.2 Å². The molecule has 2 aromatic rings. The van der Waals surface area contributed by atoms with E-state index in [9.17, 15) is 24.2 Å². The third-order valence-electron chi connectivity index (χ3n) is 6.70. The lowest BCUT2D eigenvalue weighted by Gasteiger charge is -2.33. The molecule has 1 unspecified atom stereocenters. The summed E-state index contributed by atoms with van der Waals surface area (Å²) in [5.74, 6) is -1.65. The second-order valence-corrected chi connectivity index (χ2v) is 9.05. The molecule has 2 N–H and O–H groups in total. The Balaban J connectivity index is 1.54. The zero-order valence-electron chi connectivity index (χ0n) is 21.0. The van der Waals surface area contributed by atoms with Gasteiger partial charge in [0, 0.05) is 31.9 Å². The molecule has 2 aliphatic heterocycles. The van der Waals surface area contributed by atoms with Crippen LogP contribution < -0.4 is 14.7 Å². The number of Topliss-reactive ketones (excluding diaryl/α,β-unsaturated/α-hetero) is 1. The molecule has 0 bridgehead atoms. The van der Waals surface area contributed by atoms with Crippen molar-refractivity contribution in [1.29, 1.82) is 0 Å². The second kappa shape index (κ2) is 11.0. The largest absolute Gasteiger partial charge is 0.536 e. The Morgan fingerprint density at radius 3 is 2.70 bits per heavy atom. The van der Waals surface area contributed by atoms with Gasteiger partial charge < -0.3 is 24.6 Å². The summed E-state index contributed by atoms with van der Waals surface area (Å²) in [6.45, 7) is 4.19. The maximum Gasteiger partial charge on any atom is 0.526 e. The number of ketones is 1. The molecule has 2 atom stereocenters. The van der Waals surface area contributed by atoms with Gasteiger partial charge in [-0.05, 0) is 43.5 Å². The van der Waals surface area contributed by atoms with E-state index in [1.807, 2.05) is 25.1 Å². The van der Waals surface area contributed by atoms with Gasteiger partial charge in [-0.15, -0.1) is 0 Å². The Labute approximate surface area is 214 Å². The first-order valence-electron chi connectivity index (χ1n) is 12.1. The van der Waals surface area contributed by atoms with Crippen LogP contribution in [-0.2, 0) is 20.8 Å². The summed E-state index contributed by atoms with van der Waals surface area (Å²) in [5.41, 5.74) is 1.99. The summed E-state index contributed by atoms with van der Waals surface area (Å²) >= 11 is 0. The van der Waals surface area contributed by atoms with Gasteiger partial charge in [0.2, 0.25) is 0 Å². The fraction of sp³-hybridized carbons (Fsp3) is 0.400. The predicted molar refractivity (Wildman–Crippen MR) is 133 cm³/mol. The number of imide groups is 1. The van der Waals surface area contributed by atoms with Crippen molar-refractivity contribution in [2.75, 3.05) is 26.7 Å². The summed E-state index contributed by atoms with van der Waals surface area (Å²) in [6, 6.07) is 6.69. The standard InChI is InChI=1S/C25H29BN4O7/c1-4-29-10-11-30(24(33)23(29)32)25(34)28-21(19-9-8-18(36-3)14-27-19)20(31)13-17-12-16-7-5-6-15(2)22(16)37-26(17)35/h5-9,14,17,21,35H,4,10-13H2,1-3H3,(H,28,34)/t17-,21?/m1/s1. The topological polar surface area (TPSA) is 138 Å². The molecule has 0 spiro atoms. The SMILES string of the molecule is CCN1CCN(C(=O)NC(C(=O)C[C@H]2Cc3cccc(C)c3OB2O)c2ccc(OC)cn2)C(=O)C1=O. The number of carbonyl (C=O) groups is 4. The number of pyridine rings is 1. The van der Waals surface area contributed by atoms with Crippen LogP contribution in [-0.4, -0.2) is 77.3 Å². The zero-order chi connectivity index (χ0) is 26.7. The van der Waals surface area contributed by atoms with Crippen molar-refractivity contribution in [2.24, 2.45) is 0 Å². The molecule has 11 nitrogen and oxygen atoms in total. The van der Waals surface area contributed by atoms with Crippen LogP contribution in [0.3, 0.4) is 0 Å². The highest BCUT2D eigenvalue weighted by Gasteiger charge is 2.40. The van der Waals surface area contributed by atoms with Gasteiger partial charge >= 0.3 is 25.0 Å². The fourth-order valence-electron chi connectivity index (χ4n) is 4.57. The molecular formula is C25H29BN4O7. The first kappa shape index (κ1) is 26.1. The van der Waals surface area contributed by atoms with Crippen LogP contribution in [0.1, 0.15) is 36.2 Å². The average molecular weight is 508 g/mol. The molecule has 1 saturated heterocycles. The molecule has 37 heavy (non-hydrogen) atoms. The second-order valence-electron chi connectivity index (χ2n) is 9.05. The molecule has 1 aromatic carbocycles. The minimum Gasteiger partial charge on any atom is -0.536 e. The number of hydrogen-bond donors (Lipinski definition) is 2. The molecule has 4 amide bonds. The van der Waals surface area contributed by atoms with Crippen molar-refractivity contribution in [1.82, 2.24) is 20.1 Å². The highest BCUT2D eigenvalue weighted by atomic mass is 16.5. The monoisotopic (exact) mass is 508 g/mol. The van der Waals surface area contributed by atoms with Gasteiger partial charge in [0.15, 0.2) is 5.78 Å². The number of methoxy groups -OCH3 is 1. The van der Waals surface area contributed by atoms with E-state index in [0.717, 1.165) is 16.0 Å². The molecule has 4 rings (SSSR count). The maximum absolute atomic E-state index is 13.5. The first-order chi connectivity index (χ1) is 17.7. The molecule has 3 heterocycles. The van der Waals surface area contributed by atoms with Gasteiger partial charge in [0.25, 0.3) is 0 Å². The Kier molecular flexibility index (Phi) is 7.77. The molecule has 194 valence electrons. The quantitative estimate of drug-likeness (QED) is 0.422. The number of aryl methyl sites for hydroxylation is 1. The normalized spacial score (nSPS) is 18.2. The molecule has 0 saturated carbocycles. The van der Waals surface area contributed by atoms with Crippen molar-refractivity contribution in [3.8, 4) is 11.5 Å². The lowest BCUT2D eigenvalue weighted by atomic mass is 9.64. The van der Waals surface area contributed by atoms with Crippen LogP contribution in [0, 0.1) is 6.92 Å². The summed E-state index contributed by atoms with van der Waals surface area (Å²) in [6.07, 6.45) is 1.70. The molecule has 1 aromatic heterocycles. The molecule has 12 heteroatoms. The van der Waals surface area contributed by atoms with E-state index >= 15 is 0 Å². The number of fused-ring (bicyclic) bond motifs is 1. The Hall–Kier alpha value is -3.93. The van der Waals surface area contributed by atoms with E-state index < -0.39 is 42.6 Å². The number of para-hydroxylation sites is 1. The highest BCUT2D eigenvalue weighted by molar-refractivity contribution is 6.46. The molecule has 0 aliphatic carbocycles. The molecular weight excluding hydrogens is 479 g/mol. The summed E-state index contributed by atoms with van der Waals surface area (Å²) in [5, 5.41) is 13.2. The van der Waals surface area contributed by atoms with E-state index in [0.29, 0.717) is 24.5 Å². The van der Waals surface area contributed by atoms with E-state index in [4.69, 9.17) is 9.39 Å². The number of aromatic nitrogens is 1. The summed E-state index contributed by atoms with van der Waals surface area (Å²) in [7, 11) is 0.267. The van der Waals surface area contributed by atoms with Crippen LogP contribution >= 0.6 is 0 Å². The number of hydrogen-bond acceptors (Lipinski definition) is 8. The number of benzene rings is 1. The average Bonchev–Trinajstić information content (AvgIpc) is 2.89. The van der Waals surface area contributed by atoms with Gasteiger partial charge in [0.05, 0.1) is 19.0 Å². The maximum atomic E-state index is 13.5. The van der Waals surface area contributed by atoms with Crippen LogP contribution in [0.15, 0.2) is 36.5 Å². The molecule has 1 fully saturated rings. The number of amides is 4. The van der Waals surface area contributed by atoms with Gasteiger partial charge in [-0.2, -0.15) is 0 Å². The number of rotatable bonds is 7. The van der Waals surface area contributed by atoms with Crippen molar-refractivity contribution >= 4 is 30.7 Å². The van der Waals surface area contributed by atoms with Crippen molar-refractivity contribution in [2.45, 2.75) is 38.5 Å². The minimum absolute atomic E-state index is 0.00646. The lowest BCUT2D eigenvalue weighted by molar-refractivity contribution is -0.153. The number of urea groups is 1. The molecule has 0 radical (unpaired) electrons. The number of carbonyl (C=O) groups excluding carboxylic acids is 4. The third-order valence-corrected chi connectivity index (χ3v) is 6.70. The van der Waals surface area contributed by atoms with Crippen molar-refractivity contribution in [3.63, 3.8) is 0 Å². The van der Waals surface area contributed by atoms with Gasteiger partial charge in [-0.1, -0.05) is 18.2 Å². The smallest absolute Gasteiger partial charge is 0.526 e. The number of ether oxygens (including phenoxy) is 1. The number of likely N-dealkylation sites (N-methyl/N-ethyl adjacent to an activating group) is 1. The fourth-order valence-corrected chi connectivity index (χ4v) is 4.57. The van der Waals surface area contributed by atoms with Crippen molar-refractivity contribution in [3.05, 3.63) is 53.3 Å². The van der Waals surface area contributed by atoms with Gasteiger partial charge in [0.1, 0.15) is 17.5 Å². The van der Waals surface area contributed by atoms with Crippen LogP contribution in [0.2, 0.25) is 5.82 Å². The van der Waals surface area contributed by atoms with Crippen LogP contribution in [0.5, 0.6) is 11.5 Å². The summed E-state index contributed by atoms with van der Waals surface area (Å²) in [4.78, 5) is 57.8. The summed E-state index contributed by atoms with van der Waals surface area (Å²) < 4.78 is 10.8. The van der Waals surface area contributed by atoms with Crippen LogP contribution in [0.25, 0.3) is 0 Å². The van der Waals surface area contributed by atoms with Crippen LogP contribution in [0.4, 0.5) is 4.79 Å². The minimum atomic E-state index is -1.23. The van der Waals surface area contributed by atoms with E-state index in [2.05, 4.69) is 10.3 Å². The Bertz CT molecular complexity index is 1210. The van der Waals surface area contributed by atoms with Gasteiger partial charge in [-0.25, -0.2) is 4.79 Å². The van der Waals surface area contributed by atoms with E-state index in [1.54, 1.807) is 13.0 Å². The molecule has 2 aliphatic rings. The van der Waals surface area contributed by atoms with E-state index in [1.165, 1.54) is 24.3 Å². The third kappa shape index (κ3) is 5.43. The highest BCUT2D eigenvalue weighted by Crippen LogP contribution is 2.36. The van der Waals surface area contributed by atoms with Gasteiger partial charge in [-0.3, -0.25) is 24.3 Å². The predicted octanol–water partition coefficient (Wildman–Crippen LogP) is 1.29. The zero-order valence-corrected chi connectivity index (χ0v) is 21.0. The lowest BCUT2D eigenvalue weighted by Crippen LogP contribution is -2.58. The Morgan fingerprint density at radius 1 is 1.24 bits per heavy atom. The first-order valence-corrected chi connectivity index (χ1v) is 12.1.